The van der Waals surface area contributed by atoms with Gasteiger partial charge < -0.3 is 19.7 Å². The SMILES string of the molecule is CCCCOc1cccc(O)c1.CCCOc1ccc([O-])cc1.[Na+]. The van der Waals surface area contributed by atoms with Gasteiger partial charge in [0.05, 0.1) is 13.2 Å². The van der Waals surface area contributed by atoms with Crippen LogP contribution in [0, 0.1) is 0 Å². The summed E-state index contributed by atoms with van der Waals surface area (Å²) < 4.78 is 10.6. The number of hydrogen-bond donors (Lipinski definition) is 1. The Morgan fingerprint density at radius 1 is 0.875 bits per heavy atom. The fourth-order valence-corrected chi connectivity index (χ4v) is 1.66. The van der Waals surface area contributed by atoms with Gasteiger partial charge in [-0.15, -0.1) is 5.75 Å². The molecule has 1 N–H and O–H groups in total. The Balaban J connectivity index is 0.000000425. The van der Waals surface area contributed by atoms with Gasteiger partial charge in [-0.3, -0.25) is 0 Å². The standard InChI is InChI=1S/C10H14O2.C9H12O2.Na/c1-2-3-7-12-10-6-4-5-9(11)8-10;1-2-7-11-9-5-3-8(10)4-6-9;/h4-6,8,11H,2-3,7H2,1H3;3-6,10H,2,7H2,1H3;/q;;+1/p-1. The average Bonchev–Trinajstić information content (AvgIpc) is 2.55. The van der Waals surface area contributed by atoms with Crippen molar-refractivity contribution in [1.29, 1.82) is 0 Å². The third-order valence-electron chi connectivity index (χ3n) is 2.88. The molecule has 2 aromatic carbocycles. The molecular formula is C19H25NaO4. The third kappa shape index (κ3) is 10.4. The van der Waals surface area contributed by atoms with Gasteiger partial charge in [0.2, 0.25) is 0 Å². The van der Waals surface area contributed by atoms with E-state index in [4.69, 9.17) is 14.6 Å². The Labute approximate surface area is 166 Å². The fourth-order valence-electron chi connectivity index (χ4n) is 1.66. The second kappa shape index (κ2) is 14.0. The van der Waals surface area contributed by atoms with E-state index in [9.17, 15) is 5.11 Å². The van der Waals surface area contributed by atoms with Crippen LogP contribution in [0.3, 0.4) is 0 Å². The molecule has 0 spiro atoms. The Bertz CT molecular complexity index is 543. The second-order valence-electron chi connectivity index (χ2n) is 5.02. The molecule has 2 rings (SSSR count). The van der Waals surface area contributed by atoms with Gasteiger partial charge in [0, 0.05) is 6.07 Å². The molecule has 0 aliphatic rings. The van der Waals surface area contributed by atoms with Gasteiger partial charge in [0.25, 0.3) is 0 Å². The Kier molecular flexibility index (Phi) is 13.2. The summed E-state index contributed by atoms with van der Waals surface area (Å²) in [5.41, 5.74) is 0. The fraction of sp³-hybridized carbons (Fsp3) is 0.368. The molecule has 0 radical (unpaired) electrons. The van der Waals surface area contributed by atoms with Crippen LogP contribution in [0.15, 0.2) is 48.5 Å². The van der Waals surface area contributed by atoms with E-state index < -0.39 is 0 Å². The normalized spacial score (nSPS) is 9.25. The smallest absolute Gasteiger partial charge is 0.872 e. The molecule has 0 aromatic heterocycles. The number of ether oxygens (including phenoxy) is 2. The number of rotatable bonds is 7. The van der Waals surface area contributed by atoms with Crippen molar-refractivity contribution in [3.8, 4) is 23.0 Å². The van der Waals surface area contributed by atoms with Gasteiger partial charge in [-0.05, 0) is 37.1 Å². The number of benzene rings is 2. The zero-order valence-corrected chi connectivity index (χ0v) is 16.8. The average molecular weight is 340 g/mol. The summed E-state index contributed by atoms with van der Waals surface area (Å²) in [7, 11) is 0. The van der Waals surface area contributed by atoms with E-state index >= 15 is 0 Å². The molecule has 2 aromatic rings. The second-order valence-corrected chi connectivity index (χ2v) is 5.02. The van der Waals surface area contributed by atoms with Crippen molar-refractivity contribution in [2.75, 3.05) is 13.2 Å². The summed E-state index contributed by atoms with van der Waals surface area (Å²) in [6.45, 7) is 5.59. The molecule has 126 valence electrons. The maximum absolute atomic E-state index is 10.6. The molecule has 0 fully saturated rings. The monoisotopic (exact) mass is 340 g/mol. The van der Waals surface area contributed by atoms with E-state index in [1.54, 1.807) is 30.3 Å². The first kappa shape index (κ1) is 22.6. The molecule has 0 atom stereocenters. The minimum absolute atomic E-state index is 0. The Morgan fingerprint density at radius 2 is 1.54 bits per heavy atom. The van der Waals surface area contributed by atoms with Crippen LogP contribution in [0.5, 0.6) is 23.0 Å². The maximum Gasteiger partial charge on any atom is 1.00 e. The molecule has 5 heteroatoms. The Morgan fingerprint density at radius 3 is 2.12 bits per heavy atom. The van der Waals surface area contributed by atoms with Crippen LogP contribution >= 0.6 is 0 Å². The summed E-state index contributed by atoms with van der Waals surface area (Å²) in [5.74, 6) is 1.78. The number of unbranched alkanes of at least 4 members (excludes halogenated alkanes) is 1. The molecule has 0 saturated carbocycles. The summed E-state index contributed by atoms with van der Waals surface area (Å²) >= 11 is 0. The van der Waals surface area contributed by atoms with Crippen LogP contribution in [0.2, 0.25) is 0 Å². The zero-order valence-electron chi connectivity index (χ0n) is 14.8. The van der Waals surface area contributed by atoms with Crippen LogP contribution in [-0.4, -0.2) is 18.3 Å². The van der Waals surface area contributed by atoms with E-state index in [2.05, 4.69) is 6.92 Å². The summed E-state index contributed by atoms with van der Waals surface area (Å²) in [5, 5.41) is 19.7. The predicted molar refractivity (Wildman–Crippen MR) is 90.2 cm³/mol. The number of aromatic hydroxyl groups is 1. The molecule has 0 aliphatic heterocycles. The van der Waals surface area contributed by atoms with Gasteiger partial charge in [0.15, 0.2) is 0 Å². The molecule has 0 aliphatic carbocycles. The molecule has 0 amide bonds. The molecule has 0 heterocycles. The first-order chi connectivity index (χ1) is 11.2. The zero-order chi connectivity index (χ0) is 16.9. The summed E-state index contributed by atoms with van der Waals surface area (Å²) in [4.78, 5) is 0. The molecule has 0 bridgehead atoms. The number of hydrogen-bond acceptors (Lipinski definition) is 4. The molecule has 0 saturated heterocycles. The largest absolute Gasteiger partial charge is 1.00 e. The van der Waals surface area contributed by atoms with E-state index in [0.29, 0.717) is 6.61 Å². The van der Waals surface area contributed by atoms with Crippen molar-refractivity contribution in [3.05, 3.63) is 48.5 Å². The van der Waals surface area contributed by atoms with Gasteiger partial charge in [-0.1, -0.05) is 38.5 Å². The first-order valence-corrected chi connectivity index (χ1v) is 7.97. The van der Waals surface area contributed by atoms with Gasteiger partial charge in [-0.2, -0.15) is 0 Å². The molecule has 24 heavy (non-hydrogen) atoms. The maximum atomic E-state index is 10.6. The van der Waals surface area contributed by atoms with Crippen molar-refractivity contribution in [1.82, 2.24) is 0 Å². The Hall–Kier alpha value is -1.36. The summed E-state index contributed by atoms with van der Waals surface area (Å²) in [6.07, 6.45) is 3.16. The van der Waals surface area contributed by atoms with Gasteiger partial charge in [-0.25, -0.2) is 0 Å². The predicted octanol–water partition coefficient (Wildman–Crippen LogP) is 1.12. The number of phenolic OH excluding ortho intramolecular Hbond substituents is 1. The van der Waals surface area contributed by atoms with E-state index in [1.165, 1.54) is 12.1 Å². The molecule has 4 nitrogen and oxygen atoms in total. The minimum Gasteiger partial charge on any atom is -0.872 e. The summed E-state index contributed by atoms with van der Waals surface area (Å²) in [6, 6.07) is 13.3. The van der Waals surface area contributed by atoms with Gasteiger partial charge >= 0.3 is 29.6 Å². The van der Waals surface area contributed by atoms with Crippen LogP contribution < -0.4 is 44.1 Å². The van der Waals surface area contributed by atoms with Crippen LogP contribution in [-0.2, 0) is 0 Å². The molecular weight excluding hydrogens is 315 g/mol. The topological polar surface area (TPSA) is 61.8 Å². The third-order valence-corrected chi connectivity index (χ3v) is 2.88. The van der Waals surface area contributed by atoms with E-state index in [-0.39, 0.29) is 41.1 Å². The quantitative estimate of drug-likeness (QED) is 0.606. The first-order valence-electron chi connectivity index (χ1n) is 7.97. The van der Waals surface area contributed by atoms with Crippen molar-refractivity contribution in [2.24, 2.45) is 0 Å². The van der Waals surface area contributed by atoms with Crippen LogP contribution in [0.1, 0.15) is 33.1 Å². The van der Waals surface area contributed by atoms with E-state index in [1.807, 2.05) is 13.0 Å². The van der Waals surface area contributed by atoms with Gasteiger partial charge in [0.1, 0.15) is 17.2 Å². The van der Waals surface area contributed by atoms with Crippen molar-refractivity contribution >= 4 is 0 Å². The van der Waals surface area contributed by atoms with Crippen molar-refractivity contribution in [3.63, 3.8) is 0 Å². The minimum atomic E-state index is 0. The number of phenols is 1. The molecule has 0 unspecified atom stereocenters. The van der Waals surface area contributed by atoms with Crippen LogP contribution in [0.25, 0.3) is 0 Å². The van der Waals surface area contributed by atoms with Crippen molar-refractivity contribution < 1.29 is 49.2 Å². The van der Waals surface area contributed by atoms with E-state index in [0.717, 1.165) is 37.4 Å². The van der Waals surface area contributed by atoms with Crippen molar-refractivity contribution in [2.45, 2.75) is 33.1 Å². The van der Waals surface area contributed by atoms with Crippen LogP contribution in [0.4, 0.5) is 0 Å².